The summed E-state index contributed by atoms with van der Waals surface area (Å²) in [6.45, 7) is 2.17. The predicted octanol–water partition coefficient (Wildman–Crippen LogP) is 5.08. The van der Waals surface area contributed by atoms with Crippen molar-refractivity contribution in [2.24, 2.45) is 0 Å². The van der Waals surface area contributed by atoms with Crippen LogP contribution in [0.1, 0.15) is 41.4 Å². The Labute approximate surface area is 145 Å². The quantitative estimate of drug-likeness (QED) is 0.674. The van der Waals surface area contributed by atoms with Gasteiger partial charge in [-0.2, -0.15) is 0 Å². The van der Waals surface area contributed by atoms with Crippen LogP contribution >= 0.6 is 11.6 Å². The first kappa shape index (κ1) is 15.3. The summed E-state index contributed by atoms with van der Waals surface area (Å²) in [6.07, 6.45) is 2.03. The molecule has 122 valence electrons. The van der Waals surface area contributed by atoms with Crippen LogP contribution in [-0.2, 0) is 10.2 Å². The summed E-state index contributed by atoms with van der Waals surface area (Å²) < 4.78 is 5.28. The van der Waals surface area contributed by atoms with E-state index in [1.165, 1.54) is 5.56 Å². The second kappa shape index (κ2) is 5.67. The Morgan fingerprint density at radius 3 is 2.62 bits per heavy atom. The number of halogens is 1. The van der Waals surface area contributed by atoms with Crippen LogP contribution in [0.5, 0.6) is 0 Å². The number of fused-ring (bicyclic) bond motifs is 1. The molecular formula is C20H18ClNO2. The molecule has 1 aliphatic carbocycles. The third-order valence-electron chi connectivity index (χ3n) is 4.80. The molecule has 1 heterocycles. The summed E-state index contributed by atoms with van der Waals surface area (Å²) >= 11 is 6.23. The lowest BCUT2D eigenvalue weighted by Gasteiger charge is -2.17. The second-order valence-electron chi connectivity index (χ2n) is 6.23. The highest BCUT2D eigenvalue weighted by Crippen LogP contribution is 2.56. The van der Waals surface area contributed by atoms with Gasteiger partial charge in [0.2, 0.25) is 0 Å². The number of hydrogen-bond donors (Lipinski definition) is 1. The van der Waals surface area contributed by atoms with Gasteiger partial charge >= 0.3 is 5.97 Å². The Morgan fingerprint density at radius 1 is 1.21 bits per heavy atom. The molecule has 4 rings (SSSR count). The van der Waals surface area contributed by atoms with E-state index in [9.17, 15) is 4.79 Å². The summed E-state index contributed by atoms with van der Waals surface area (Å²) in [6, 6.07) is 16.1. The molecule has 1 aromatic heterocycles. The molecule has 0 amide bonds. The maximum Gasteiger partial charge on any atom is 0.355 e. The predicted molar refractivity (Wildman–Crippen MR) is 95.7 cm³/mol. The van der Waals surface area contributed by atoms with Gasteiger partial charge in [0, 0.05) is 26.9 Å². The van der Waals surface area contributed by atoms with Crippen molar-refractivity contribution in [3.63, 3.8) is 0 Å². The smallest absolute Gasteiger partial charge is 0.355 e. The topological polar surface area (TPSA) is 42.1 Å². The third kappa shape index (κ3) is 2.31. The summed E-state index contributed by atoms with van der Waals surface area (Å²) in [5, 5.41) is 1.67. The first-order valence-corrected chi connectivity index (χ1v) is 8.58. The van der Waals surface area contributed by atoms with Gasteiger partial charge in [-0.05, 0) is 43.5 Å². The zero-order valence-corrected chi connectivity index (χ0v) is 14.2. The Morgan fingerprint density at radius 2 is 1.96 bits per heavy atom. The van der Waals surface area contributed by atoms with E-state index in [2.05, 4.69) is 17.1 Å². The van der Waals surface area contributed by atoms with Gasteiger partial charge in [0.05, 0.1) is 6.61 Å². The van der Waals surface area contributed by atoms with Gasteiger partial charge in [0.25, 0.3) is 0 Å². The normalized spacial score (nSPS) is 15.4. The van der Waals surface area contributed by atoms with Crippen LogP contribution in [0.2, 0.25) is 5.02 Å². The van der Waals surface area contributed by atoms with Crippen LogP contribution in [0.4, 0.5) is 0 Å². The maximum absolute atomic E-state index is 12.5. The number of esters is 1. The lowest BCUT2D eigenvalue weighted by atomic mass is 9.86. The number of nitrogens with one attached hydrogen (secondary N) is 1. The summed E-state index contributed by atoms with van der Waals surface area (Å²) in [4.78, 5) is 15.8. The van der Waals surface area contributed by atoms with Gasteiger partial charge in [-0.15, -0.1) is 0 Å². The monoisotopic (exact) mass is 339 g/mol. The van der Waals surface area contributed by atoms with Gasteiger partial charge in [0.15, 0.2) is 0 Å². The first-order valence-electron chi connectivity index (χ1n) is 8.20. The highest BCUT2D eigenvalue weighted by atomic mass is 35.5. The molecule has 1 saturated carbocycles. The van der Waals surface area contributed by atoms with Gasteiger partial charge < -0.3 is 9.72 Å². The van der Waals surface area contributed by atoms with Crippen molar-refractivity contribution in [3.8, 4) is 0 Å². The van der Waals surface area contributed by atoms with Gasteiger partial charge in [-0.25, -0.2) is 4.79 Å². The number of aromatic nitrogens is 1. The minimum absolute atomic E-state index is 0.133. The van der Waals surface area contributed by atoms with Crippen molar-refractivity contribution in [3.05, 3.63) is 70.4 Å². The van der Waals surface area contributed by atoms with E-state index in [1.807, 2.05) is 43.3 Å². The Kier molecular flexibility index (Phi) is 3.61. The molecule has 24 heavy (non-hydrogen) atoms. The molecule has 0 radical (unpaired) electrons. The molecule has 2 aromatic carbocycles. The fourth-order valence-corrected chi connectivity index (χ4v) is 3.75. The Hall–Kier alpha value is -2.26. The first-order chi connectivity index (χ1) is 11.7. The van der Waals surface area contributed by atoms with Crippen LogP contribution in [0.25, 0.3) is 10.9 Å². The number of ether oxygens (including phenoxy) is 1. The zero-order valence-electron chi connectivity index (χ0n) is 13.4. The Bertz CT molecular complexity index is 910. The Balaban J connectivity index is 1.97. The van der Waals surface area contributed by atoms with Crippen LogP contribution < -0.4 is 0 Å². The summed E-state index contributed by atoms with van der Waals surface area (Å²) in [7, 11) is 0. The van der Waals surface area contributed by atoms with E-state index < -0.39 is 0 Å². The maximum atomic E-state index is 12.5. The van der Waals surface area contributed by atoms with E-state index in [4.69, 9.17) is 16.3 Å². The van der Waals surface area contributed by atoms with Crippen LogP contribution in [0, 0.1) is 0 Å². The number of aromatic amines is 1. The summed E-state index contributed by atoms with van der Waals surface area (Å²) in [5.41, 5.74) is 3.59. The number of rotatable bonds is 4. The SMILES string of the molecule is CCOC(=O)c1[nH]c2ccc(Cl)cc2c1C1(c2ccccc2)CC1. The second-order valence-corrected chi connectivity index (χ2v) is 6.67. The average Bonchev–Trinajstić information content (AvgIpc) is 3.31. The van der Waals surface area contributed by atoms with Crippen molar-refractivity contribution in [2.45, 2.75) is 25.2 Å². The number of benzene rings is 2. The summed E-state index contributed by atoms with van der Waals surface area (Å²) in [5.74, 6) is -0.304. The molecule has 3 nitrogen and oxygen atoms in total. The van der Waals surface area contributed by atoms with E-state index in [1.54, 1.807) is 0 Å². The van der Waals surface area contributed by atoms with Gasteiger partial charge in [-0.3, -0.25) is 0 Å². The standard InChI is InChI=1S/C20H18ClNO2/c1-2-24-19(23)18-17(15-12-14(21)8-9-16(15)22-18)20(10-11-20)13-6-4-3-5-7-13/h3-9,12,22H,2,10-11H2,1H3. The molecule has 0 aliphatic heterocycles. The number of carbonyl (C=O) groups excluding carboxylic acids is 1. The van der Waals surface area contributed by atoms with Crippen LogP contribution in [0.3, 0.4) is 0 Å². The molecule has 0 saturated heterocycles. The molecule has 1 fully saturated rings. The molecule has 0 atom stereocenters. The van der Waals surface area contributed by atoms with Crippen molar-refractivity contribution in [1.82, 2.24) is 4.98 Å². The van der Waals surface area contributed by atoms with Crippen molar-refractivity contribution in [2.75, 3.05) is 6.61 Å². The molecule has 1 aliphatic rings. The van der Waals surface area contributed by atoms with E-state index in [0.29, 0.717) is 17.3 Å². The van der Waals surface area contributed by atoms with Crippen molar-refractivity contribution >= 4 is 28.5 Å². The molecule has 0 spiro atoms. The van der Waals surface area contributed by atoms with E-state index in [-0.39, 0.29) is 11.4 Å². The van der Waals surface area contributed by atoms with Crippen LogP contribution in [0.15, 0.2) is 48.5 Å². The molecule has 0 unspecified atom stereocenters. The average molecular weight is 340 g/mol. The van der Waals surface area contributed by atoms with E-state index in [0.717, 1.165) is 29.3 Å². The number of hydrogen-bond acceptors (Lipinski definition) is 2. The molecular weight excluding hydrogens is 322 g/mol. The van der Waals surface area contributed by atoms with E-state index >= 15 is 0 Å². The minimum atomic E-state index is -0.304. The minimum Gasteiger partial charge on any atom is -0.461 e. The lowest BCUT2D eigenvalue weighted by Crippen LogP contribution is -2.15. The highest BCUT2D eigenvalue weighted by molar-refractivity contribution is 6.31. The number of H-pyrrole nitrogens is 1. The van der Waals surface area contributed by atoms with Crippen molar-refractivity contribution in [1.29, 1.82) is 0 Å². The van der Waals surface area contributed by atoms with Gasteiger partial charge in [0.1, 0.15) is 5.69 Å². The highest BCUT2D eigenvalue weighted by Gasteiger charge is 2.49. The fraction of sp³-hybridized carbons (Fsp3) is 0.250. The molecule has 4 heteroatoms. The van der Waals surface area contributed by atoms with Crippen molar-refractivity contribution < 1.29 is 9.53 Å². The largest absolute Gasteiger partial charge is 0.461 e. The molecule has 1 N–H and O–H groups in total. The van der Waals surface area contributed by atoms with Crippen LogP contribution in [-0.4, -0.2) is 17.6 Å². The third-order valence-corrected chi connectivity index (χ3v) is 5.03. The fourth-order valence-electron chi connectivity index (χ4n) is 3.58. The lowest BCUT2D eigenvalue weighted by molar-refractivity contribution is 0.0518. The molecule has 0 bridgehead atoms. The number of carbonyl (C=O) groups is 1. The molecule has 3 aromatic rings. The zero-order chi connectivity index (χ0) is 16.7. The van der Waals surface area contributed by atoms with Gasteiger partial charge in [-0.1, -0.05) is 41.9 Å².